The summed E-state index contributed by atoms with van der Waals surface area (Å²) in [5.74, 6) is 0. The van der Waals surface area contributed by atoms with Crippen LogP contribution in [-0.4, -0.2) is 22.8 Å². The number of rotatable bonds is 6. The number of unbranched alkanes of at least 4 members (excludes halogenated alkanes) is 1. The largest absolute Gasteiger partial charge is 0.375 e. The summed E-state index contributed by atoms with van der Waals surface area (Å²) in [7, 11) is 0. The molecule has 3 heteroatoms. The topological polar surface area (TPSA) is 27.1 Å². The molecule has 0 aliphatic heterocycles. The smallest absolute Gasteiger partial charge is 0.0989 e. The van der Waals surface area contributed by atoms with E-state index in [9.17, 15) is 0 Å². The fourth-order valence-corrected chi connectivity index (χ4v) is 0.957. The SMILES string of the molecule is C=C(COCCCC)n1ccnc1. The molecule has 0 N–H and O–H groups in total. The number of hydrogen-bond donors (Lipinski definition) is 0. The molecule has 0 spiro atoms. The molecular weight excluding hydrogens is 164 g/mol. The van der Waals surface area contributed by atoms with Gasteiger partial charge in [0.15, 0.2) is 0 Å². The van der Waals surface area contributed by atoms with Crippen molar-refractivity contribution in [2.24, 2.45) is 0 Å². The Bertz CT molecular complexity index is 241. The summed E-state index contributed by atoms with van der Waals surface area (Å²) in [5.41, 5.74) is 0.925. The molecule has 0 unspecified atom stereocenters. The normalized spacial score (nSPS) is 10.2. The first-order valence-corrected chi connectivity index (χ1v) is 4.58. The molecule has 72 valence electrons. The van der Waals surface area contributed by atoms with E-state index < -0.39 is 0 Å². The van der Waals surface area contributed by atoms with Crippen LogP contribution < -0.4 is 0 Å². The molecule has 1 aromatic heterocycles. The fourth-order valence-electron chi connectivity index (χ4n) is 0.957. The van der Waals surface area contributed by atoms with Gasteiger partial charge < -0.3 is 9.30 Å². The van der Waals surface area contributed by atoms with Crippen LogP contribution in [0.3, 0.4) is 0 Å². The zero-order chi connectivity index (χ0) is 9.52. The molecule has 0 aliphatic rings. The van der Waals surface area contributed by atoms with Crippen molar-refractivity contribution in [3.05, 3.63) is 25.3 Å². The maximum atomic E-state index is 5.41. The van der Waals surface area contributed by atoms with E-state index in [-0.39, 0.29) is 0 Å². The van der Waals surface area contributed by atoms with Crippen molar-refractivity contribution >= 4 is 5.70 Å². The van der Waals surface area contributed by atoms with Gasteiger partial charge in [-0.15, -0.1) is 0 Å². The summed E-state index contributed by atoms with van der Waals surface area (Å²) in [4.78, 5) is 3.93. The van der Waals surface area contributed by atoms with Crippen molar-refractivity contribution in [1.82, 2.24) is 9.55 Å². The Balaban J connectivity index is 2.19. The molecule has 0 bridgehead atoms. The molecule has 0 atom stereocenters. The van der Waals surface area contributed by atoms with E-state index in [1.165, 1.54) is 0 Å². The van der Waals surface area contributed by atoms with Crippen LogP contribution >= 0.6 is 0 Å². The minimum atomic E-state index is 0.580. The van der Waals surface area contributed by atoms with E-state index in [2.05, 4.69) is 18.5 Å². The molecule has 0 aliphatic carbocycles. The number of aromatic nitrogens is 2. The van der Waals surface area contributed by atoms with E-state index in [4.69, 9.17) is 4.74 Å². The third kappa shape index (κ3) is 3.42. The molecule has 0 amide bonds. The summed E-state index contributed by atoms with van der Waals surface area (Å²) in [6, 6.07) is 0. The van der Waals surface area contributed by atoms with Crippen molar-refractivity contribution in [2.45, 2.75) is 19.8 Å². The highest BCUT2D eigenvalue weighted by Gasteiger charge is 1.95. The maximum absolute atomic E-state index is 5.41. The number of ether oxygens (including phenoxy) is 1. The monoisotopic (exact) mass is 180 g/mol. The zero-order valence-electron chi connectivity index (χ0n) is 8.07. The molecule has 13 heavy (non-hydrogen) atoms. The standard InChI is InChI=1S/C10H16N2O/c1-3-4-7-13-8-10(2)12-6-5-11-9-12/h5-6,9H,2-4,7-8H2,1H3. The van der Waals surface area contributed by atoms with E-state index in [1.54, 1.807) is 12.5 Å². The Kier molecular flexibility index (Phi) is 4.26. The molecular formula is C10H16N2O. The summed E-state index contributed by atoms with van der Waals surface area (Å²) in [6.07, 6.45) is 7.60. The van der Waals surface area contributed by atoms with Crippen molar-refractivity contribution in [2.75, 3.05) is 13.2 Å². The summed E-state index contributed by atoms with van der Waals surface area (Å²) < 4.78 is 7.28. The van der Waals surface area contributed by atoms with E-state index in [0.717, 1.165) is 25.1 Å². The van der Waals surface area contributed by atoms with Gasteiger partial charge in [0.25, 0.3) is 0 Å². The predicted molar refractivity (Wildman–Crippen MR) is 53.3 cm³/mol. The molecule has 1 rings (SSSR count). The number of imidazole rings is 1. The molecule has 0 saturated carbocycles. The predicted octanol–water partition coefficient (Wildman–Crippen LogP) is 2.17. The first-order valence-electron chi connectivity index (χ1n) is 4.58. The van der Waals surface area contributed by atoms with Gasteiger partial charge in [-0.2, -0.15) is 0 Å². The van der Waals surface area contributed by atoms with Crippen molar-refractivity contribution in [1.29, 1.82) is 0 Å². The van der Waals surface area contributed by atoms with Crippen molar-refractivity contribution in [3.8, 4) is 0 Å². The van der Waals surface area contributed by atoms with E-state index in [0.29, 0.717) is 6.61 Å². The fraction of sp³-hybridized carbons (Fsp3) is 0.500. The third-order valence-corrected chi connectivity index (χ3v) is 1.78. The highest BCUT2D eigenvalue weighted by atomic mass is 16.5. The van der Waals surface area contributed by atoms with Crippen molar-refractivity contribution < 1.29 is 4.74 Å². The average Bonchev–Trinajstić information content (AvgIpc) is 2.65. The summed E-state index contributed by atoms with van der Waals surface area (Å²) in [5, 5.41) is 0. The van der Waals surface area contributed by atoms with Crippen LogP contribution in [-0.2, 0) is 4.74 Å². The Morgan fingerprint density at radius 2 is 2.46 bits per heavy atom. The van der Waals surface area contributed by atoms with Crippen molar-refractivity contribution in [3.63, 3.8) is 0 Å². The minimum Gasteiger partial charge on any atom is -0.375 e. The van der Waals surface area contributed by atoms with E-state index in [1.807, 2.05) is 10.8 Å². The molecule has 0 radical (unpaired) electrons. The molecule has 0 aromatic carbocycles. The Morgan fingerprint density at radius 1 is 1.62 bits per heavy atom. The van der Waals surface area contributed by atoms with Gasteiger partial charge in [-0.05, 0) is 6.42 Å². The van der Waals surface area contributed by atoms with Gasteiger partial charge in [0.1, 0.15) is 0 Å². The Morgan fingerprint density at radius 3 is 3.08 bits per heavy atom. The second-order valence-corrected chi connectivity index (χ2v) is 2.94. The second-order valence-electron chi connectivity index (χ2n) is 2.94. The maximum Gasteiger partial charge on any atom is 0.0989 e. The van der Waals surface area contributed by atoms with Crippen LogP contribution in [0.4, 0.5) is 0 Å². The highest BCUT2D eigenvalue weighted by Crippen LogP contribution is 2.01. The lowest BCUT2D eigenvalue weighted by Crippen LogP contribution is -2.03. The van der Waals surface area contributed by atoms with Gasteiger partial charge >= 0.3 is 0 Å². The van der Waals surface area contributed by atoms with Crippen LogP contribution in [0, 0.1) is 0 Å². The second kappa shape index (κ2) is 5.54. The molecule has 0 fully saturated rings. The first kappa shape index (κ1) is 9.99. The quantitative estimate of drug-likeness (QED) is 0.627. The van der Waals surface area contributed by atoms with Crippen LogP contribution in [0.25, 0.3) is 5.70 Å². The molecule has 1 heterocycles. The molecule has 1 aromatic rings. The van der Waals surface area contributed by atoms with E-state index >= 15 is 0 Å². The van der Waals surface area contributed by atoms with Gasteiger partial charge in [-0.3, -0.25) is 0 Å². The van der Waals surface area contributed by atoms with Crippen LogP contribution in [0.1, 0.15) is 19.8 Å². The lowest BCUT2D eigenvalue weighted by Gasteiger charge is -2.06. The average molecular weight is 180 g/mol. The molecule has 3 nitrogen and oxygen atoms in total. The number of nitrogens with zero attached hydrogens (tertiary/aromatic N) is 2. The minimum absolute atomic E-state index is 0.580. The van der Waals surface area contributed by atoms with Crippen LogP contribution in [0.2, 0.25) is 0 Å². The zero-order valence-corrected chi connectivity index (χ0v) is 8.07. The Hall–Kier alpha value is -1.09. The van der Waals surface area contributed by atoms with Crippen LogP contribution in [0.15, 0.2) is 25.3 Å². The lowest BCUT2D eigenvalue weighted by molar-refractivity contribution is 0.161. The summed E-state index contributed by atoms with van der Waals surface area (Å²) >= 11 is 0. The van der Waals surface area contributed by atoms with Gasteiger partial charge in [0.2, 0.25) is 0 Å². The third-order valence-electron chi connectivity index (χ3n) is 1.78. The number of hydrogen-bond acceptors (Lipinski definition) is 2. The van der Waals surface area contributed by atoms with Crippen LogP contribution in [0.5, 0.6) is 0 Å². The van der Waals surface area contributed by atoms with Gasteiger partial charge in [0.05, 0.1) is 12.9 Å². The summed E-state index contributed by atoms with van der Waals surface area (Å²) in [6.45, 7) is 7.43. The lowest BCUT2D eigenvalue weighted by atomic mass is 10.4. The first-order chi connectivity index (χ1) is 6.34. The van der Waals surface area contributed by atoms with Gasteiger partial charge in [-0.1, -0.05) is 19.9 Å². The van der Waals surface area contributed by atoms with Gasteiger partial charge in [-0.25, -0.2) is 4.98 Å². The van der Waals surface area contributed by atoms with Gasteiger partial charge in [0, 0.05) is 24.7 Å². The highest BCUT2D eigenvalue weighted by molar-refractivity contribution is 5.41. The molecule has 0 saturated heterocycles. The Labute approximate surface area is 79.0 Å².